The Bertz CT molecular complexity index is 172. The van der Waals surface area contributed by atoms with Crippen molar-refractivity contribution >= 4 is 6.85 Å². The Morgan fingerprint density at radius 1 is 1.60 bits per heavy atom. The molecular formula is C7H13BN2-. The topological polar surface area (TPSA) is 17.8 Å². The number of imidazole rings is 1. The van der Waals surface area contributed by atoms with Crippen molar-refractivity contribution in [2.45, 2.75) is 26.5 Å². The molecule has 55 valence electrons. The van der Waals surface area contributed by atoms with Gasteiger partial charge < -0.3 is 4.48 Å². The number of aromatic nitrogens is 2. The van der Waals surface area contributed by atoms with Crippen molar-refractivity contribution in [3.63, 3.8) is 0 Å². The molecule has 0 aromatic carbocycles. The molecule has 0 saturated heterocycles. The van der Waals surface area contributed by atoms with Gasteiger partial charge in [-0.05, 0) is 13.0 Å². The normalized spacial score (nSPS) is 10.7. The molecule has 1 aromatic heterocycles. The monoisotopic (exact) mass is 136 g/mol. The number of hydrogen-bond acceptors (Lipinski definition) is 1. The summed E-state index contributed by atoms with van der Waals surface area (Å²) in [5.41, 5.74) is 0. The first-order chi connectivity index (χ1) is 4.84. The van der Waals surface area contributed by atoms with Gasteiger partial charge in [-0.3, -0.25) is 0 Å². The van der Waals surface area contributed by atoms with Crippen LogP contribution in [-0.2, 0) is 0 Å². The molecule has 0 spiro atoms. The molecule has 0 aliphatic carbocycles. The van der Waals surface area contributed by atoms with Gasteiger partial charge in [-0.2, -0.15) is 13.1 Å². The molecule has 2 nitrogen and oxygen atoms in total. The molecule has 3 heteroatoms. The Morgan fingerprint density at radius 2 is 2.40 bits per heavy atom. The zero-order valence-electron chi connectivity index (χ0n) is 6.62. The Labute approximate surface area is 62.4 Å². The summed E-state index contributed by atoms with van der Waals surface area (Å²) >= 11 is 0. The van der Waals surface area contributed by atoms with E-state index in [1.165, 1.54) is 12.7 Å². The van der Waals surface area contributed by atoms with Crippen molar-refractivity contribution in [3.05, 3.63) is 18.7 Å². The third-order valence-corrected chi connectivity index (χ3v) is 1.74. The Kier molecular flexibility index (Phi) is 2.54. The Morgan fingerprint density at radius 3 is 2.90 bits per heavy atom. The lowest BCUT2D eigenvalue weighted by atomic mass is 9.61. The number of nitrogens with zero attached hydrogens (tertiary/aromatic N) is 2. The average Bonchev–Trinajstić information content (AvgIpc) is 2.38. The van der Waals surface area contributed by atoms with Gasteiger partial charge in [-0.1, -0.05) is 13.3 Å². The summed E-state index contributed by atoms with van der Waals surface area (Å²) in [6.45, 7) is 5.02. The van der Waals surface area contributed by atoms with Crippen LogP contribution in [0.5, 0.6) is 0 Å². The van der Waals surface area contributed by atoms with Gasteiger partial charge in [0, 0.05) is 6.20 Å². The van der Waals surface area contributed by atoms with Crippen molar-refractivity contribution in [1.29, 1.82) is 0 Å². The summed E-state index contributed by atoms with van der Waals surface area (Å²) < 4.78 is 2.14. The lowest BCUT2D eigenvalue weighted by Crippen LogP contribution is -2.17. The second kappa shape index (κ2) is 3.45. The first-order valence-corrected chi connectivity index (χ1v) is 3.82. The minimum absolute atomic E-state index is 0.604. The van der Waals surface area contributed by atoms with Gasteiger partial charge >= 0.3 is 0 Å². The first-order valence-electron chi connectivity index (χ1n) is 3.82. The van der Waals surface area contributed by atoms with Crippen LogP contribution < -0.4 is 0 Å². The van der Waals surface area contributed by atoms with E-state index in [1.54, 1.807) is 0 Å². The summed E-state index contributed by atoms with van der Waals surface area (Å²) in [7, 11) is 0. The van der Waals surface area contributed by atoms with Crippen molar-refractivity contribution in [2.24, 2.45) is 0 Å². The predicted octanol–water partition coefficient (Wildman–Crippen LogP) is 1.76. The fourth-order valence-corrected chi connectivity index (χ4v) is 1.10. The van der Waals surface area contributed by atoms with Crippen LogP contribution in [0.15, 0.2) is 18.7 Å². The molecule has 1 aromatic rings. The van der Waals surface area contributed by atoms with E-state index < -0.39 is 0 Å². The van der Waals surface area contributed by atoms with E-state index in [0.717, 1.165) is 0 Å². The second-order valence-electron chi connectivity index (χ2n) is 2.65. The third-order valence-electron chi connectivity index (χ3n) is 1.74. The van der Waals surface area contributed by atoms with E-state index in [0.29, 0.717) is 6.85 Å². The molecular weight excluding hydrogens is 123 g/mol. The largest absolute Gasteiger partial charge is 0.544 e. The molecule has 0 N–H and O–H groups in total. The molecule has 0 saturated carbocycles. The first kappa shape index (κ1) is 7.38. The van der Waals surface area contributed by atoms with Gasteiger partial charge in [0.25, 0.3) is 0 Å². The summed E-state index contributed by atoms with van der Waals surface area (Å²) in [4.78, 5) is 3.99. The maximum atomic E-state index is 3.99. The van der Waals surface area contributed by atoms with E-state index in [2.05, 4.69) is 23.2 Å². The van der Waals surface area contributed by atoms with E-state index in [9.17, 15) is 0 Å². The highest BCUT2D eigenvalue weighted by Gasteiger charge is 1.89. The molecule has 1 heterocycles. The van der Waals surface area contributed by atoms with Crippen LogP contribution in [0.2, 0.25) is 13.1 Å². The molecule has 1 rings (SSSR count). The van der Waals surface area contributed by atoms with Crippen molar-refractivity contribution in [3.8, 4) is 0 Å². The molecule has 1 radical (unpaired) electrons. The fraction of sp³-hybridized carbons (Fsp3) is 0.571. The lowest BCUT2D eigenvalue weighted by Gasteiger charge is -2.22. The third kappa shape index (κ3) is 1.63. The van der Waals surface area contributed by atoms with Gasteiger partial charge in [0.2, 0.25) is 0 Å². The maximum absolute atomic E-state index is 3.99. The molecule has 10 heavy (non-hydrogen) atoms. The van der Waals surface area contributed by atoms with Gasteiger partial charge in [-0.15, -0.1) is 0 Å². The number of rotatable bonds is 3. The molecule has 0 atom stereocenters. The van der Waals surface area contributed by atoms with Crippen molar-refractivity contribution in [2.75, 3.05) is 0 Å². The molecule has 0 amide bonds. The fourth-order valence-electron chi connectivity index (χ4n) is 1.10. The van der Waals surface area contributed by atoms with Crippen LogP contribution in [0.4, 0.5) is 0 Å². The maximum Gasteiger partial charge on any atom is 0.0520 e. The zero-order valence-corrected chi connectivity index (χ0v) is 6.62. The van der Waals surface area contributed by atoms with Crippen LogP contribution in [0.3, 0.4) is 0 Å². The second-order valence-corrected chi connectivity index (χ2v) is 2.65. The van der Waals surface area contributed by atoms with Crippen LogP contribution in [0, 0.1) is 0 Å². The SMILES string of the molecule is CCC[B-](C)n1ccnc1. The van der Waals surface area contributed by atoms with E-state index in [4.69, 9.17) is 0 Å². The van der Waals surface area contributed by atoms with Crippen LogP contribution in [-0.4, -0.2) is 16.3 Å². The van der Waals surface area contributed by atoms with Crippen LogP contribution >= 0.6 is 0 Å². The van der Waals surface area contributed by atoms with E-state index in [-0.39, 0.29) is 0 Å². The quantitative estimate of drug-likeness (QED) is 0.579. The standard InChI is InChI=1S/C7H13BN2/c1-3-4-8(2)10-6-5-9-7-10/h5-7H,3-4H2,1-2H3/q-1. The predicted molar refractivity (Wildman–Crippen MR) is 44.3 cm³/mol. The molecule has 0 unspecified atom stereocenters. The van der Waals surface area contributed by atoms with Crippen LogP contribution in [0.25, 0.3) is 0 Å². The number of hydrogen-bond donors (Lipinski definition) is 0. The van der Waals surface area contributed by atoms with Gasteiger partial charge in [-0.25, -0.2) is 4.98 Å². The van der Waals surface area contributed by atoms with Crippen LogP contribution in [0.1, 0.15) is 13.3 Å². The molecule has 0 bridgehead atoms. The molecule has 0 fully saturated rings. The summed E-state index contributed by atoms with van der Waals surface area (Å²) in [5.74, 6) is 0. The highest BCUT2D eigenvalue weighted by Crippen LogP contribution is 1.99. The van der Waals surface area contributed by atoms with E-state index in [1.807, 2.05) is 18.7 Å². The highest BCUT2D eigenvalue weighted by molar-refractivity contribution is 6.55. The highest BCUT2D eigenvalue weighted by atomic mass is 15.0. The smallest absolute Gasteiger partial charge is 0.0520 e. The van der Waals surface area contributed by atoms with Gasteiger partial charge in [0.1, 0.15) is 0 Å². The van der Waals surface area contributed by atoms with Crippen molar-refractivity contribution in [1.82, 2.24) is 9.46 Å². The zero-order chi connectivity index (χ0) is 7.40. The summed E-state index contributed by atoms with van der Waals surface area (Å²) in [6, 6.07) is 0. The Balaban J connectivity index is 2.50. The molecule has 0 aliphatic rings. The minimum Gasteiger partial charge on any atom is -0.544 e. The van der Waals surface area contributed by atoms with Gasteiger partial charge in [0.15, 0.2) is 0 Å². The minimum atomic E-state index is 0.604. The van der Waals surface area contributed by atoms with Crippen molar-refractivity contribution < 1.29 is 0 Å². The lowest BCUT2D eigenvalue weighted by molar-refractivity contribution is 1.02. The Hall–Kier alpha value is -0.725. The summed E-state index contributed by atoms with van der Waals surface area (Å²) in [5, 5.41) is 0. The van der Waals surface area contributed by atoms with Gasteiger partial charge in [0.05, 0.1) is 6.33 Å². The molecule has 0 aliphatic heterocycles. The summed E-state index contributed by atoms with van der Waals surface area (Å²) in [6.07, 6.45) is 8.18. The average molecular weight is 136 g/mol. The van der Waals surface area contributed by atoms with E-state index >= 15 is 0 Å².